The third-order valence-electron chi connectivity index (χ3n) is 1.96. The Bertz CT molecular complexity index is 336. The second kappa shape index (κ2) is 4.49. The quantitative estimate of drug-likeness (QED) is 0.746. The summed E-state index contributed by atoms with van der Waals surface area (Å²) in [6.07, 6.45) is 1.69. The van der Waals surface area contributed by atoms with Crippen molar-refractivity contribution in [2.45, 2.75) is 34.0 Å². The molecule has 0 saturated heterocycles. The van der Waals surface area contributed by atoms with Gasteiger partial charge in [-0.25, -0.2) is 0 Å². The molecule has 1 rings (SSSR count). The van der Waals surface area contributed by atoms with Crippen molar-refractivity contribution in [3.05, 3.63) is 23.5 Å². The van der Waals surface area contributed by atoms with E-state index in [1.54, 1.807) is 12.3 Å². The van der Waals surface area contributed by atoms with Gasteiger partial charge in [0.15, 0.2) is 0 Å². The van der Waals surface area contributed by atoms with Gasteiger partial charge < -0.3 is 14.8 Å². The van der Waals surface area contributed by atoms with E-state index in [1.807, 2.05) is 20.8 Å². The van der Waals surface area contributed by atoms with Crippen LogP contribution in [-0.2, 0) is 22.7 Å². The second-order valence-corrected chi connectivity index (χ2v) is 4.52. The first-order chi connectivity index (χ1) is 6.93. The Morgan fingerprint density at radius 1 is 1.53 bits per heavy atom. The molecular weight excluding hydrogens is 194 g/mol. The molecule has 0 radical (unpaired) electrons. The van der Waals surface area contributed by atoms with Crippen LogP contribution in [-0.4, -0.2) is 16.1 Å². The molecule has 1 aromatic rings. The lowest BCUT2D eigenvalue weighted by Crippen LogP contribution is -2.22. The number of aliphatic hydroxyl groups is 1. The molecule has 0 atom stereocenters. The fraction of sp³-hybridized carbons (Fsp3) is 0.545. The molecule has 1 aromatic heterocycles. The SMILES string of the molecule is CC(C)(C)C(=O)OCc1cc(CO)c[nH]1. The predicted molar refractivity (Wildman–Crippen MR) is 56.0 cm³/mol. The average Bonchev–Trinajstić information content (AvgIpc) is 2.60. The van der Waals surface area contributed by atoms with Crippen molar-refractivity contribution < 1.29 is 14.6 Å². The zero-order valence-corrected chi connectivity index (χ0v) is 9.33. The van der Waals surface area contributed by atoms with E-state index in [-0.39, 0.29) is 19.2 Å². The van der Waals surface area contributed by atoms with Crippen molar-refractivity contribution in [3.8, 4) is 0 Å². The van der Waals surface area contributed by atoms with E-state index in [2.05, 4.69) is 4.98 Å². The summed E-state index contributed by atoms with van der Waals surface area (Å²) >= 11 is 0. The molecule has 0 fully saturated rings. The summed E-state index contributed by atoms with van der Waals surface area (Å²) in [6, 6.07) is 1.77. The van der Waals surface area contributed by atoms with Crippen LogP contribution in [0.3, 0.4) is 0 Å². The highest BCUT2D eigenvalue weighted by Gasteiger charge is 2.22. The number of ether oxygens (including phenoxy) is 1. The van der Waals surface area contributed by atoms with Crippen molar-refractivity contribution in [3.63, 3.8) is 0 Å². The summed E-state index contributed by atoms with van der Waals surface area (Å²) in [5.41, 5.74) is 1.10. The van der Waals surface area contributed by atoms with Crippen LogP contribution in [0, 0.1) is 5.41 Å². The normalized spacial score (nSPS) is 11.5. The maximum Gasteiger partial charge on any atom is 0.311 e. The Morgan fingerprint density at radius 2 is 2.20 bits per heavy atom. The van der Waals surface area contributed by atoms with Gasteiger partial charge in [0.2, 0.25) is 0 Å². The highest BCUT2D eigenvalue weighted by atomic mass is 16.5. The number of H-pyrrole nitrogens is 1. The number of aromatic amines is 1. The summed E-state index contributed by atoms with van der Waals surface area (Å²) in [6.45, 7) is 5.63. The van der Waals surface area contributed by atoms with Gasteiger partial charge in [-0.15, -0.1) is 0 Å². The molecular formula is C11H17NO3. The number of rotatable bonds is 3. The fourth-order valence-corrected chi connectivity index (χ4v) is 1.03. The number of hydrogen-bond acceptors (Lipinski definition) is 3. The lowest BCUT2D eigenvalue weighted by molar-refractivity contribution is -0.154. The van der Waals surface area contributed by atoms with Crippen LogP contribution in [0.25, 0.3) is 0 Å². The molecule has 0 aliphatic rings. The Morgan fingerprint density at radius 3 is 2.67 bits per heavy atom. The summed E-state index contributed by atoms with van der Waals surface area (Å²) in [7, 11) is 0. The predicted octanol–water partition coefficient (Wildman–Crippen LogP) is 1.60. The van der Waals surface area contributed by atoms with E-state index >= 15 is 0 Å². The van der Waals surface area contributed by atoms with Gasteiger partial charge in [0.1, 0.15) is 6.61 Å². The molecule has 0 unspecified atom stereocenters. The molecule has 15 heavy (non-hydrogen) atoms. The van der Waals surface area contributed by atoms with Crippen LogP contribution in [0.15, 0.2) is 12.3 Å². The van der Waals surface area contributed by atoms with Crippen molar-refractivity contribution in [2.75, 3.05) is 0 Å². The van der Waals surface area contributed by atoms with Crippen LogP contribution in [0.4, 0.5) is 0 Å². The Labute approximate surface area is 89.3 Å². The molecule has 84 valence electrons. The minimum atomic E-state index is -0.480. The summed E-state index contributed by atoms with van der Waals surface area (Å²) in [5.74, 6) is -0.234. The zero-order chi connectivity index (χ0) is 11.5. The van der Waals surface area contributed by atoms with Crippen molar-refractivity contribution in [1.29, 1.82) is 0 Å². The molecule has 0 aliphatic heterocycles. The summed E-state index contributed by atoms with van der Waals surface area (Å²) in [4.78, 5) is 14.4. The maximum atomic E-state index is 11.4. The second-order valence-electron chi connectivity index (χ2n) is 4.52. The molecule has 0 bridgehead atoms. The molecule has 0 spiro atoms. The summed E-state index contributed by atoms with van der Waals surface area (Å²) < 4.78 is 5.10. The first-order valence-corrected chi connectivity index (χ1v) is 4.87. The molecule has 2 N–H and O–H groups in total. The van der Waals surface area contributed by atoms with Crippen molar-refractivity contribution >= 4 is 5.97 Å². The zero-order valence-electron chi connectivity index (χ0n) is 9.33. The largest absolute Gasteiger partial charge is 0.459 e. The number of esters is 1. The fourth-order valence-electron chi connectivity index (χ4n) is 1.03. The van der Waals surface area contributed by atoms with E-state index in [0.717, 1.165) is 11.3 Å². The van der Waals surface area contributed by atoms with Crippen molar-refractivity contribution in [2.24, 2.45) is 5.41 Å². The smallest absolute Gasteiger partial charge is 0.311 e. The van der Waals surface area contributed by atoms with E-state index in [1.165, 1.54) is 0 Å². The molecule has 0 amide bonds. The molecule has 4 nitrogen and oxygen atoms in total. The van der Waals surface area contributed by atoms with Crippen LogP contribution < -0.4 is 0 Å². The average molecular weight is 211 g/mol. The molecule has 1 heterocycles. The highest BCUT2D eigenvalue weighted by Crippen LogP contribution is 2.16. The van der Waals surface area contributed by atoms with E-state index in [4.69, 9.17) is 9.84 Å². The third-order valence-corrected chi connectivity index (χ3v) is 1.96. The van der Waals surface area contributed by atoms with E-state index in [0.29, 0.717) is 0 Å². The Kier molecular flexibility index (Phi) is 3.52. The molecule has 0 saturated carbocycles. The molecule has 0 aliphatic carbocycles. The maximum absolute atomic E-state index is 11.4. The van der Waals surface area contributed by atoms with Crippen molar-refractivity contribution in [1.82, 2.24) is 4.98 Å². The minimum Gasteiger partial charge on any atom is -0.459 e. The van der Waals surface area contributed by atoms with Crippen LogP contribution in [0.5, 0.6) is 0 Å². The molecule has 0 aromatic carbocycles. The Balaban J connectivity index is 2.47. The van der Waals surface area contributed by atoms with E-state index in [9.17, 15) is 4.79 Å². The third kappa shape index (κ3) is 3.40. The standard InChI is InChI=1S/C11H17NO3/c1-11(2,3)10(14)15-7-9-4-8(6-13)5-12-9/h4-5,12-13H,6-7H2,1-3H3. The monoisotopic (exact) mass is 211 g/mol. The molecule has 4 heteroatoms. The van der Waals surface area contributed by atoms with Gasteiger partial charge in [0, 0.05) is 6.20 Å². The number of aromatic nitrogens is 1. The van der Waals surface area contributed by atoms with Crippen LogP contribution in [0.2, 0.25) is 0 Å². The first kappa shape index (κ1) is 11.8. The topological polar surface area (TPSA) is 62.3 Å². The van der Waals surface area contributed by atoms with Gasteiger partial charge >= 0.3 is 5.97 Å². The Hall–Kier alpha value is -1.29. The van der Waals surface area contributed by atoms with Gasteiger partial charge in [0.25, 0.3) is 0 Å². The van der Waals surface area contributed by atoms with Gasteiger partial charge in [-0.2, -0.15) is 0 Å². The van der Waals surface area contributed by atoms with Gasteiger partial charge in [-0.3, -0.25) is 4.79 Å². The first-order valence-electron chi connectivity index (χ1n) is 4.87. The van der Waals surface area contributed by atoms with Gasteiger partial charge in [-0.1, -0.05) is 0 Å². The number of carbonyl (C=O) groups excluding carboxylic acids is 1. The van der Waals surface area contributed by atoms with Crippen LogP contribution in [0.1, 0.15) is 32.0 Å². The summed E-state index contributed by atoms with van der Waals surface area (Å²) in [5, 5.41) is 8.83. The number of aliphatic hydroxyl groups excluding tert-OH is 1. The number of nitrogens with one attached hydrogen (secondary N) is 1. The lowest BCUT2D eigenvalue weighted by atomic mass is 9.97. The number of carbonyl (C=O) groups is 1. The highest BCUT2D eigenvalue weighted by molar-refractivity contribution is 5.75. The van der Waals surface area contributed by atoms with Crippen LogP contribution >= 0.6 is 0 Å². The number of hydrogen-bond donors (Lipinski definition) is 2. The van der Waals surface area contributed by atoms with Gasteiger partial charge in [-0.05, 0) is 32.4 Å². The van der Waals surface area contributed by atoms with Gasteiger partial charge in [0.05, 0.1) is 17.7 Å². The van der Waals surface area contributed by atoms with E-state index < -0.39 is 5.41 Å². The minimum absolute atomic E-state index is 0.0102. The lowest BCUT2D eigenvalue weighted by Gasteiger charge is -2.15.